The zero-order valence-corrected chi connectivity index (χ0v) is 14.1. The Morgan fingerprint density at radius 2 is 2.14 bits per heavy atom. The first-order chi connectivity index (χ1) is 10.1. The molecule has 1 fully saturated rings. The van der Waals surface area contributed by atoms with Crippen LogP contribution in [-0.2, 0) is 0 Å². The van der Waals surface area contributed by atoms with Gasteiger partial charge in [0.15, 0.2) is 0 Å². The summed E-state index contributed by atoms with van der Waals surface area (Å²) >= 11 is 2.00. The van der Waals surface area contributed by atoms with Crippen molar-refractivity contribution >= 4 is 22.9 Å². The van der Waals surface area contributed by atoms with Crippen molar-refractivity contribution in [1.82, 2.24) is 14.2 Å². The van der Waals surface area contributed by atoms with Gasteiger partial charge in [0.1, 0.15) is 0 Å². The maximum absolute atomic E-state index is 4.34. The van der Waals surface area contributed by atoms with Crippen molar-refractivity contribution in [1.29, 1.82) is 0 Å². The molecule has 0 N–H and O–H groups in total. The van der Waals surface area contributed by atoms with Crippen molar-refractivity contribution < 1.29 is 0 Å². The highest BCUT2D eigenvalue weighted by Gasteiger charge is 2.22. The molecule has 3 rings (SSSR count). The van der Waals surface area contributed by atoms with Gasteiger partial charge in [-0.05, 0) is 74.7 Å². The van der Waals surface area contributed by atoms with E-state index in [1.54, 1.807) is 0 Å². The minimum atomic E-state index is 0.603. The van der Waals surface area contributed by atoms with Gasteiger partial charge >= 0.3 is 0 Å². The molecule has 1 atom stereocenters. The lowest BCUT2D eigenvalue weighted by molar-refractivity contribution is 0.303. The smallest absolute Gasteiger partial charge is 0.0343 e. The Bertz CT molecular complexity index is 625. The molecule has 21 heavy (non-hydrogen) atoms. The first kappa shape index (κ1) is 15.1. The van der Waals surface area contributed by atoms with E-state index in [4.69, 9.17) is 0 Å². The zero-order chi connectivity index (χ0) is 14.8. The van der Waals surface area contributed by atoms with E-state index in [1.807, 2.05) is 24.3 Å². The normalized spacial score (nSPS) is 24.3. The highest BCUT2D eigenvalue weighted by atomic mass is 32.2. The van der Waals surface area contributed by atoms with Gasteiger partial charge < -0.3 is 4.90 Å². The van der Waals surface area contributed by atoms with Gasteiger partial charge in [-0.3, -0.25) is 4.98 Å². The van der Waals surface area contributed by atoms with Crippen molar-refractivity contribution in [2.75, 3.05) is 26.7 Å². The van der Waals surface area contributed by atoms with E-state index < -0.39 is 0 Å². The van der Waals surface area contributed by atoms with Crippen LogP contribution in [0.25, 0.3) is 11.0 Å². The molecule has 0 amide bonds. The van der Waals surface area contributed by atoms with Crippen LogP contribution in [0.1, 0.15) is 31.7 Å². The average molecular weight is 303 g/mol. The Kier molecular flexibility index (Phi) is 4.67. The van der Waals surface area contributed by atoms with Crippen molar-refractivity contribution in [2.24, 2.45) is 0 Å². The van der Waals surface area contributed by atoms with E-state index in [9.17, 15) is 0 Å². The number of likely N-dealkylation sites (N-methyl/N-ethyl adjacent to an activating group) is 1. The molecule has 1 aromatic rings. The van der Waals surface area contributed by atoms with Crippen LogP contribution in [-0.4, -0.2) is 46.9 Å². The van der Waals surface area contributed by atoms with Crippen molar-refractivity contribution in [3.05, 3.63) is 28.4 Å². The summed E-state index contributed by atoms with van der Waals surface area (Å²) < 4.78 is 2.59. The van der Waals surface area contributed by atoms with Gasteiger partial charge in [-0.15, -0.1) is 0 Å². The van der Waals surface area contributed by atoms with Crippen LogP contribution in [0.3, 0.4) is 0 Å². The Balaban J connectivity index is 1.92. The summed E-state index contributed by atoms with van der Waals surface area (Å²) in [5.41, 5.74) is 1.31. The second kappa shape index (κ2) is 6.51. The molecule has 0 aromatic carbocycles. The van der Waals surface area contributed by atoms with E-state index in [2.05, 4.69) is 41.2 Å². The summed E-state index contributed by atoms with van der Waals surface area (Å²) in [4.78, 5) is 8.33. The molecule has 1 aromatic heterocycles. The molecule has 1 aliphatic heterocycles. The Morgan fingerprint density at radius 3 is 3.00 bits per heavy atom. The molecule has 0 spiro atoms. The molecule has 1 saturated heterocycles. The Morgan fingerprint density at radius 1 is 1.29 bits per heavy atom. The number of aryl methyl sites for hydroxylation is 1. The third kappa shape index (κ3) is 3.33. The molecule has 1 unspecified atom stereocenters. The van der Waals surface area contributed by atoms with Crippen LogP contribution < -0.4 is 10.4 Å². The number of fused-ring (bicyclic) bond motifs is 1. The summed E-state index contributed by atoms with van der Waals surface area (Å²) in [6, 6.07) is 0.603. The average Bonchev–Trinajstić information content (AvgIpc) is 2.61. The fourth-order valence-corrected chi connectivity index (χ4v) is 4.65. The number of nitrogens with zero attached hydrogens (tertiary/aromatic N) is 3. The first-order valence-corrected chi connectivity index (χ1v) is 8.69. The monoisotopic (exact) mass is 303 g/mol. The van der Waals surface area contributed by atoms with Gasteiger partial charge in [-0.1, -0.05) is 6.08 Å². The summed E-state index contributed by atoms with van der Waals surface area (Å²) in [5.74, 6) is 0. The first-order valence-electron chi connectivity index (χ1n) is 7.92. The maximum atomic E-state index is 4.34. The predicted octanol–water partition coefficient (Wildman–Crippen LogP) is 1.75. The second-order valence-corrected chi connectivity index (χ2v) is 7.43. The largest absolute Gasteiger partial charge is 0.305 e. The predicted molar refractivity (Wildman–Crippen MR) is 91.2 cm³/mol. The van der Waals surface area contributed by atoms with Gasteiger partial charge in [-0.25, -0.2) is 4.31 Å². The summed E-state index contributed by atoms with van der Waals surface area (Å²) in [6.07, 6.45) is 9.92. The van der Waals surface area contributed by atoms with Gasteiger partial charge in [0, 0.05) is 36.4 Å². The van der Waals surface area contributed by atoms with Crippen LogP contribution in [0.2, 0.25) is 0 Å². The molecule has 0 saturated carbocycles. The number of aromatic nitrogens is 1. The number of rotatable bonds is 2. The third-order valence-electron chi connectivity index (χ3n) is 4.39. The van der Waals surface area contributed by atoms with Crippen LogP contribution in [0.5, 0.6) is 0 Å². The second-order valence-electron chi connectivity index (χ2n) is 6.28. The highest BCUT2D eigenvalue weighted by Crippen LogP contribution is 2.30. The number of hydrogen-bond donors (Lipinski definition) is 0. The minimum Gasteiger partial charge on any atom is -0.305 e. The van der Waals surface area contributed by atoms with E-state index in [1.165, 1.54) is 46.8 Å². The Labute approximate surface area is 131 Å². The van der Waals surface area contributed by atoms with E-state index in [-0.39, 0.29) is 0 Å². The van der Waals surface area contributed by atoms with Crippen LogP contribution in [0, 0.1) is 6.92 Å². The molecule has 3 nitrogen and oxygen atoms in total. The number of pyridine rings is 1. The standard InChI is InChI=1S/C17H25N3S/c1-13-10-18-11-15-6-4-7-16(17(13)15)21-20-9-5-8-19(3)12-14(20)2/h6,10-11,14H,4-5,7-9,12H2,1-3H3. The topological polar surface area (TPSA) is 19.4 Å². The van der Waals surface area contributed by atoms with Crippen LogP contribution in [0.15, 0.2) is 12.4 Å². The maximum Gasteiger partial charge on any atom is 0.0343 e. The fourth-order valence-electron chi connectivity index (χ4n) is 3.32. The van der Waals surface area contributed by atoms with Gasteiger partial charge in [0.25, 0.3) is 0 Å². The van der Waals surface area contributed by atoms with Crippen LogP contribution in [0.4, 0.5) is 0 Å². The molecular weight excluding hydrogens is 278 g/mol. The van der Waals surface area contributed by atoms with E-state index in [0.717, 1.165) is 13.0 Å². The lowest BCUT2D eigenvalue weighted by atomic mass is 10.1. The van der Waals surface area contributed by atoms with Gasteiger partial charge in [0.2, 0.25) is 0 Å². The summed E-state index contributed by atoms with van der Waals surface area (Å²) in [7, 11) is 2.23. The molecule has 2 heterocycles. The lowest BCUT2D eigenvalue weighted by Gasteiger charge is -2.28. The minimum absolute atomic E-state index is 0.603. The summed E-state index contributed by atoms with van der Waals surface area (Å²) in [5, 5.41) is 2.76. The van der Waals surface area contributed by atoms with Crippen molar-refractivity contribution in [3.8, 4) is 0 Å². The molecule has 0 bridgehead atoms. The molecule has 0 radical (unpaired) electrons. The molecular formula is C17H25N3S. The summed E-state index contributed by atoms with van der Waals surface area (Å²) in [6.45, 7) is 8.09. The lowest BCUT2D eigenvalue weighted by Crippen LogP contribution is -2.36. The zero-order valence-electron chi connectivity index (χ0n) is 13.3. The SMILES string of the molecule is Cc1cncc2c1=C(SN1CCCN(C)CC1C)CCC=2. The quantitative estimate of drug-likeness (QED) is 0.775. The van der Waals surface area contributed by atoms with Crippen molar-refractivity contribution in [3.63, 3.8) is 0 Å². The van der Waals surface area contributed by atoms with Gasteiger partial charge in [-0.2, -0.15) is 0 Å². The number of hydrogen-bond acceptors (Lipinski definition) is 4. The van der Waals surface area contributed by atoms with Gasteiger partial charge in [0.05, 0.1) is 0 Å². The van der Waals surface area contributed by atoms with Crippen molar-refractivity contribution in [2.45, 2.75) is 39.2 Å². The molecule has 1 aliphatic carbocycles. The fraction of sp³-hybridized carbons (Fsp3) is 0.588. The molecule has 2 aliphatic rings. The van der Waals surface area contributed by atoms with E-state index in [0.29, 0.717) is 6.04 Å². The molecule has 114 valence electrons. The van der Waals surface area contributed by atoms with E-state index >= 15 is 0 Å². The highest BCUT2D eigenvalue weighted by molar-refractivity contribution is 8.05. The molecule has 4 heteroatoms. The Hall–Kier alpha value is -0.840. The third-order valence-corrected chi connectivity index (χ3v) is 5.80. The van der Waals surface area contributed by atoms with Crippen LogP contribution >= 0.6 is 11.9 Å².